The molecular weight excluding hydrogens is 364 g/mol. The molecule has 5 nitrogen and oxygen atoms in total. The number of aliphatic hydroxyl groups excluding tert-OH is 1. The van der Waals surface area contributed by atoms with Crippen molar-refractivity contribution in [2.24, 2.45) is 0 Å². The Hall–Kier alpha value is -2.63. The van der Waals surface area contributed by atoms with Crippen molar-refractivity contribution in [2.45, 2.75) is 6.04 Å². The summed E-state index contributed by atoms with van der Waals surface area (Å²) in [5.41, 5.74) is 1.34. The molecule has 3 rings (SSSR count). The molecule has 2 aromatic carbocycles. The smallest absolute Gasteiger partial charge is 0.295 e. The van der Waals surface area contributed by atoms with Gasteiger partial charge in [0.15, 0.2) is 0 Å². The van der Waals surface area contributed by atoms with Gasteiger partial charge >= 0.3 is 0 Å². The summed E-state index contributed by atoms with van der Waals surface area (Å²) in [6.45, 7) is 0.971. The first-order chi connectivity index (χ1) is 12.9. The molecule has 0 aliphatic carbocycles. The first kappa shape index (κ1) is 19.1. The maximum atomic E-state index is 12.8. The average molecular weight is 385 g/mol. The Morgan fingerprint density at radius 3 is 2.30 bits per heavy atom. The largest absolute Gasteiger partial charge is 0.507 e. The minimum atomic E-state index is -0.671. The molecular formula is C21H21ClN2O3. The standard InChI is InChI=1S/C21H21ClN2O3/c1-23(2)12-13-24-18(14-8-10-16(22)11-9-14)17(20(26)21(24)27)19(25)15-6-4-3-5-7-15/h3-11,18,25H,12-13H2,1-2H3/b19-17-. The van der Waals surface area contributed by atoms with Gasteiger partial charge in [0, 0.05) is 23.7 Å². The molecule has 1 aliphatic rings. The van der Waals surface area contributed by atoms with Crippen molar-refractivity contribution in [3.8, 4) is 0 Å². The topological polar surface area (TPSA) is 60.9 Å². The van der Waals surface area contributed by atoms with Crippen LogP contribution in [0.1, 0.15) is 17.2 Å². The lowest BCUT2D eigenvalue weighted by molar-refractivity contribution is -0.140. The van der Waals surface area contributed by atoms with Gasteiger partial charge in [-0.3, -0.25) is 9.59 Å². The molecule has 1 unspecified atom stereocenters. The third-order valence-electron chi connectivity index (χ3n) is 4.56. The summed E-state index contributed by atoms with van der Waals surface area (Å²) in [5, 5.41) is 11.4. The van der Waals surface area contributed by atoms with Crippen LogP contribution in [0.4, 0.5) is 0 Å². The van der Waals surface area contributed by atoms with Crippen LogP contribution in [0.15, 0.2) is 60.2 Å². The van der Waals surface area contributed by atoms with E-state index in [4.69, 9.17) is 11.6 Å². The fourth-order valence-electron chi connectivity index (χ4n) is 3.16. The van der Waals surface area contributed by atoms with Crippen LogP contribution < -0.4 is 0 Å². The highest BCUT2D eigenvalue weighted by atomic mass is 35.5. The van der Waals surface area contributed by atoms with Gasteiger partial charge in [-0.1, -0.05) is 54.1 Å². The summed E-state index contributed by atoms with van der Waals surface area (Å²) in [5.74, 6) is -1.44. The molecule has 1 aliphatic heterocycles. The molecule has 1 heterocycles. The van der Waals surface area contributed by atoms with Crippen molar-refractivity contribution in [3.63, 3.8) is 0 Å². The molecule has 0 saturated carbocycles. The summed E-state index contributed by atoms with van der Waals surface area (Å²) in [7, 11) is 3.80. The summed E-state index contributed by atoms with van der Waals surface area (Å²) >= 11 is 5.99. The Morgan fingerprint density at radius 2 is 1.70 bits per heavy atom. The number of ketones is 1. The van der Waals surface area contributed by atoms with Gasteiger partial charge in [-0.15, -0.1) is 0 Å². The number of amides is 1. The molecule has 0 aromatic heterocycles. The number of likely N-dealkylation sites (N-methyl/N-ethyl adjacent to an activating group) is 1. The Bertz CT molecular complexity index is 876. The normalized spacial score (nSPS) is 19.1. The molecule has 2 aromatic rings. The van der Waals surface area contributed by atoms with E-state index in [1.54, 1.807) is 48.5 Å². The minimum Gasteiger partial charge on any atom is -0.507 e. The van der Waals surface area contributed by atoms with Crippen LogP contribution in [0.5, 0.6) is 0 Å². The number of carbonyl (C=O) groups is 2. The molecule has 0 bridgehead atoms. The second-order valence-electron chi connectivity index (χ2n) is 6.71. The van der Waals surface area contributed by atoms with Gasteiger partial charge in [0.05, 0.1) is 11.6 Å². The predicted octanol–water partition coefficient (Wildman–Crippen LogP) is 3.32. The van der Waals surface area contributed by atoms with Gasteiger partial charge < -0.3 is 14.9 Å². The van der Waals surface area contributed by atoms with Gasteiger partial charge in [0.2, 0.25) is 0 Å². The fourth-order valence-corrected chi connectivity index (χ4v) is 3.29. The van der Waals surface area contributed by atoms with Crippen molar-refractivity contribution in [3.05, 3.63) is 76.3 Å². The Kier molecular flexibility index (Phi) is 5.63. The molecule has 0 radical (unpaired) electrons. The lowest BCUT2D eigenvalue weighted by Gasteiger charge is -2.26. The van der Waals surface area contributed by atoms with E-state index >= 15 is 0 Å². The molecule has 1 amide bonds. The zero-order chi connectivity index (χ0) is 19.6. The Morgan fingerprint density at radius 1 is 1.07 bits per heavy atom. The third-order valence-corrected chi connectivity index (χ3v) is 4.81. The van der Waals surface area contributed by atoms with Gasteiger partial charge in [0.1, 0.15) is 5.76 Å². The summed E-state index contributed by atoms with van der Waals surface area (Å²) in [6, 6.07) is 15.1. The first-order valence-electron chi connectivity index (χ1n) is 8.64. The Labute approximate surface area is 163 Å². The highest BCUT2D eigenvalue weighted by molar-refractivity contribution is 6.46. The van der Waals surface area contributed by atoms with Crippen molar-refractivity contribution in [1.29, 1.82) is 0 Å². The van der Waals surface area contributed by atoms with E-state index in [9.17, 15) is 14.7 Å². The van der Waals surface area contributed by atoms with Crippen LogP contribution in [0.3, 0.4) is 0 Å². The molecule has 27 heavy (non-hydrogen) atoms. The molecule has 1 N–H and O–H groups in total. The van der Waals surface area contributed by atoms with Crippen molar-refractivity contribution >= 4 is 29.1 Å². The zero-order valence-electron chi connectivity index (χ0n) is 15.2. The van der Waals surface area contributed by atoms with Crippen molar-refractivity contribution < 1.29 is 14.7 Å². The third kappa shape index (κ3) is 3.89. The highest BCUT2D eigenvalue weighted by Gasteiger charge is 2.45. The van der Waals surface area contributed by atoms with E-state index < -0.39 is 17.7 Å². The van der Waals surface area contributed by atoms with E-state index in [2.05, 4.69) is 0 Å². The number of halogens is 1. The molecule has 1 atom stereocenters. The fraction of sp³-hybridized carbons (Fsp3) is 0.238. The van der Waals surface area contributed by atoms with Gasteiger partial charge in [-0.2, -0.15) is 0 Å². The van der Waals surface area contributed by atoms with E-state index in [1.165, 1.54) is 4.90 Å². The van der Waals surface area contributed by atoms with Crippen LogP contribution >= 0.6 is 11.6 Å². The van der Waals surface area contributed by atoms with Crippen LogP contribution in [0.2, 0.25) is 5.02 Å². The predicted molar refractivity (Wildman–Crippen MR) is 105 cm³/mol. The average Bonchev–Trinajstić information content (AvgIpc) is 2.91. The monoisotopic (exact) mass is 384 g/mol. The van der Waals surface area contributed by atoms with E-state index in [1.807, 2.05) is 25.1 Å². The maximum Gasteiger partial charge on any atom is 0.295 e. The number of likely N-dealkylation sites (tertiary alicyclic amines) is 1. The van der Waals surface area contributed by atoms with Gasteiger partial charge in [-0.25, -0.2) is 0 Å². The minimum absolute atomic E-state index is 0.104. The highest BCUT2D eigenvalue weighted by Crippen LogP contribution is 2.39. The van der Waals surface area contributed by atoms with Crippen LogP contribution in [-0.4, -0.2) is 53.8 Å². The number of carbonyl (C=O) groups excluding carboxylic acids is 2. The van der Waals surface area contributed by atoms with Gasteiger partial charge in [0.25, 0.3) is 11.7 Å². The maximum absolute atomic E-state index is 12.8. The number of aliphatic hydroxyl groups is 1. The zero-order valence-corrected chi connectivity index (χ0v) is 16.0. The Balaban J connectivity index is 2.13. The summed E-state index contributed by atoms with van der Waals surface area (Å²) < 4.78 is 0. The first-order valence-corrected chi connectivity index (χ1v) is 9.02. The van der Waals surface area contributed by atoms with E-state index in [0.29, 0.717) is 23.7 Å². The number of hydrogen-bond acceptors (Lipinski definition) is 4. The number of Topliss-reactive ketones (excluding diaryl/α,β-unsaturated/α-hetero) is 1. The summed E-state index contributed by atoms with van der Waals surface area (Å²) in [6.07, 6.45) is 0. The second kappa shape index (κ2) is 7.94. The van der Waals surface area contributed by atoms with E-state index in [0.717, 1.165) is 5.56 Å². The van der Waals surface area contributed by atoms with E-state index in [-0.39, 0.29) is 11.3 Å². The second-order valence-corrected chi connectivity index (χ2v) is 7.15. The lowest BCUT2D eigenvalue weighted by Crippen LogP contribution is -2.35. The number of benzene rings is 2. The van der Waals surface area contributed by atoms with Crippen LogP contribution in [0, 0.1) is 0 Å². The van der Waals surface area contributed by atoms with Crippen molar-refractivity contribution in [2.75, 3.05) is 27.2 Å². The van der Waals surface area contributed by atoms with Gasteiger partial charge in [-0.05, 0) is 31.8 Å². The molecule has 140 valence electrons. The van der Waals surface area contributed by atoms with Crippen molar-refractivity contribution in [1.82, 2.24) is 9.80 Å². The number of rotatable bonds is 5. The quantitative estimate of drug-likeness (QED) is 0.488. The molecule has 1 fully saturated rings. The molecule has 1 saturated heterocycles. The number of nitrogens with zero attached hydrogens (tertiary/aromatic N) is 2. The SMILES string of the molecule is CN(C)CCN1C(=O)C(=O)/C(=C(\O)c2ccccc2)C1c1ccc(Cl)cc1. The number of hydrogen-bond donors (Lipinski definition) is 1. The lowest BCUT2D eigenvalue weighted by atomic mass is 9.95. The molecule has 6 heteroatoms. The van der Waals surface area contributed by atoms with Crippen LogP contribution in [0.25, 0.3) is 5.76 Å². The molecule has 0 spiro atoms. The summed E-state index contributed by atoms with van der Waals surface area (Å²) in [4.78, 5) is 28.9. The van der Waals surface area contributed by atoms with Crippen LogP contribution in [-0.2, 0) is 9.59 Å².